The van der Waals surface area contributed by atoms with Gasteiger partial charge < -0.3 is 19.7 Å². The number of imidazole rings is 1. The molecule has 0 radical (unpaired) electrons. The van der Waals surface area contributed by atoms with Gasteiger partial charge in [-0.3, -0.25) is 9.59 Å². The Morgan fingerprint density at radius 3 is 2.82 bits per heavy atom. The van der Waals surface area contributed by atoms with Crippen molar-refractivity contribution >= 4 is 28.7 Å². The van der Waals surface area contributed by atoms with Crippen molar-refractivity contribution in [2.24, 2.45) is 0 Å². The Kier molecular flexibility index (Phi) is 6.17. The summed E-state index contributed by atoms with van der Waals surface area (Å²) in [5.74, 6) is 1.65. The smallest absolute Gasteiger partial charge is 0.224 e. The fourth-order valence-corrected chi connectivity index (χ4v) is 5.12. The van der Waals surface area contributed by atoms with Gasteiger partial charge in [-0.2, -0.15) is 0 Å². The van der Waals surface area contributed by atoms with Crippen LogP contribution in [-0.2, 0) is 29.1 Å². The van der Waals surface area contributed by atoms with Crippen molar-refractivity contribution in [1.82, 2.24) is 29.3 Å². The van der Waals surface area contributed by atoms with Gasteiger partial charge in [0.2, 0.25) is 11.8 Å². The Balaban J connectivity index is 1.37. The number of aryl methyl sites for hydroxylation is 1. The number of amides is 2. The van der Waals surface area contributed by atoms with Crippen molar-refractivity contribution < 1.29 is 9.59 Å². The third-order valence-corrected chi connectivity index (χ3v) is 6.98. The molecule has 0 saturated carbocycles. The molecular formula is C25H31N7O2. The summed E-state index contributed by atoms with van der Waals surface area (Å²) in [5, 5.41) is 3.22. The first-order valence-corrected chi connectivity index (χ1v) is 12.1. The summed E-state index contributed by atoms with van der Waals surface area (Å²) in [6.45, 7) is 4.06. The van der Waals surface area contributed by atoms with Gasteiger partial charge in [0.15, 0.2) is 5.82 Å². The van der Waals surface area contributed by atoms with E-state index in [0.717, 1.165) is 53.8 Å². The lowest BCUT2D eigenvalue weighted by Crippen LogP contribution is -2.40. The van der Waals surface area contributed by atoms with E-state index in [4.69, 9.17) is 9.97 Å². The molecule has 1 N–H and O–H groups in total. The molecule has 2 amide bonds. The van der Waals surface area contributed by atoms with E-state index >= 15 is 0 Å². The van der Waals surface area contributed by atoms with Crippen LogP contribution in [0.15, 0.2) is 30.6 Å². The van der Waals surface area contributed by atoms with E-state index in [1.165, 1.54) is 0 Å². The molecule has 0 unspecified atom stereocenters. The van der Waals surface area contributed by atoms with Gasteiger partial charge in [0.05, 0.1) is 35.6 Å². The predicted octanol–water partition coefficient (Wildman–Crippen LogP) is 2.92. The van der Waals surface area contributed by atoms with Crippen LogP contribution in [0.3, 0.4) is 0 Å². The fourth-order valence-electron chi connectivity index (χ4n) is 5.12. The maximum absolute atomic E-state index is 13.4. The molecule has 2 aliphatic rings. The van der Waals surface area contributed by atoms with Crippen molar-refractivity contribution in [2.75, 3.05) is 25.5 Å². The number of rotatable bonds is 5. The van der Waals surface area contributed by atoms with E-state index in [-0.39, 0.29) is 17.9 Å². The van der Waals surface area contributed by atoms with Crippen LogP contribution < -0.4 is 5.32 Å². The number of fused-ring (bicyclic) bond motifs is 2. The van der Waals surface area contributed by atoms with Crippen LogP contribution >= 0.6 is 0 Å². The van der Waals surface area contributed by atoms with Crippen molar-refractivity contribution in [2.45, 2.75) is 58.2 Å². The summed E-state index contributed by atoms with van der Waals surface area (Å²) in [5.41, 5.74) is 3.94. The monoisotopic (exact) mass is 461 g/mol. The average molecular weight is 462 g/mol. The number of likely N-dealkylation sites (tertiary alicyclic amines) is 1. The molecule has 4 heterocycles. The highest BCUT2D eigenvalue weighted by molar-refractivity contribution is 5.78. The summed E-state index contributed by atoms with van der Waals surface area (Å²) < 4.78 is 2.04. The minimum Gasteiger partial charge on any atom is -0.373 e. The summed E-state index contributed by atoms with van der Waals surface area (Å²) in [4.78, 5) is 43.3. The van der Waals surface area contributed by atoms with Crippen molar-refractivity contribution in [3.63, 3.8) is 0 Å². The molecule has 1 aromatic carbocycles. The number of aromatic nitrogens is 4. The van der Waals surface area contributed by atoms with E-state index in [9.17, 15) is 9.59 Å². The summed E-state index contributed by atoms with van der Waals surface area (Å²) >= 11 is 0. The number of nitrogens with one attached hydrogen (secondary N) is 1. The van der Waals surface area contributed by atoms with Gasteiger partial charge in [0.25, 0.3) is 0 Å². The number of nitrogens with zero attached hydrogens (tertiary/aromatic N) is 6. The number of benzene rings is 1. The highest BCUT2D eigenvalue weighted by Gasteiger charge is 2.32. The summed E-state index contributed by atoms with van der Waals surface area (Å²) in [6, 6.07) is 7.82. The van der Waals surface area contributed by atoms with E-state index in [2.05, 4.69) is 10.3 Å². The summed E-state index contributed by atoms with van der Waals surface area (Å²) in [7, 11) is 1.86. The molecule has 1 atom stereocenters. The lowest BCUT2D eigenvalue weighted by molar-refractivity contribution is -0.135. The molecule has 2 aliphatic heterocycles. The lowest BCUT2D eigenvalue weighted by Gasteiger charge is -2.36. The second-order valence-electron chi connectivity index (χ2n) is 9.07. The Hall–Kier alpha value is -3.49. The second kappa shape index (κ2) is 9.40. The highest BCUT2D eigenvalue weighted by Crippen LogP contribution is 2.33. The zero-order valence-electron chi connectivity index (χ0n) is 19.8. The van der Waals surface area contributed by atoms with Crippen molar-refractivity contribution in [1.29, 1.82) is 0 Å². The SMILES string of the molecule is CNc1nc([C@@H]2CCCCN2C(=O)CCn2cnc3ccccc32)nc2c1CCN(C(C)=O)C2. The molecule has 5 rings (SSSR count). The lowest BCUT2D eigenvalue weighted by atomic mass is 9.99. The molecule has 3 aromatic rings. The third kappa shape index (κ3) is 4.22. The number of piperidine rings is 1. The van der Waals surface area contributed by atoms with Crippen molar-refractivity contribution in [3.05, 3.63) is 47.7 Å². The van der Waals surface area contributed by atoms with Gasteiger partial charge in [-0.1, -0.05) is 12.1 Å². The first-order valence-electron chi connectivity index (χ1n) is 12.1. The van der Waals surface area contributed by atoms with Crippen molar-refractivity contribution in [3.8, 4) is 0 Å². The van der Waals surface area contributed by atoms with Crippen LogP contribution in [0.5, 0.6) is 0 Å². The molecule has 9 nitrogen and oxygen atoms in total. The first-order chi connectivity index (χ1) is 16.5. The largest absolute Gasteiger partial charge is 0.373 e. The van der Waals surface area contributed by atoms with Gasteiger partial charge in [-0.25, -0.2) is 15.0 Å². The molecule has 178 valence electrons. The van der Waals surface area contributed by atoms with Crippen LogP contribution in [0.1, 0.15) is 55.7 Å². The standard InChI is InChI=1S/C25H31N7O2/c1-17(33)30-13-10-18-20(15-30)28-25(29-24(18)26-2)22-9-5-6-12-32(22)23(34)11-14-31-16-27-19-7-3-4-8-21(19)31/h3-4,7-8,16,22H,5-6,9-15H2,1-2H3,(H,26,28,29)/t22-/m0/s1. The van der Waals surface area contributed by atoms with E-state index in [1.54, 1.807) is 13.3 Å². The fraction of sp³-hybridized carbons (Fsp3) is 0.480. The molecule has 9 heteroatoms. The number of hydrogen-bond acceptors (Lipinski definition) is 6. The van der Waals surface area contributed by atoms with Crippen LogP contribution in [0.2, 0.25) is 0 Å². The van der Waals surface area contributed by atoms with Crippen LogP contribution in [0, 0.1) is 0 Å². The summed E-state index contributed by atoms with van der Waals surface area (Å²) in [6.07, 6.45) is 5.81. The predicted molar refractivity (Wildman–Crippen MR) is 129 cm³/mol. The second-order valence-corrected chi connectivity index (χ2v) is 9.07. The maximum Gasteiger partial charge on any atom is 0.224 e. The number of anilines is 1. The first kappa shape index (κ1) is 22.3. The van der Waals surface area contributed by atoms with Gasteiger partial charge in [0, 0.05) is 45.6 Å². The molecule has 2 aromatic heterocycles. The average Bonchev–Trinajstić information content (AvgIpc) is 3.29. The highest BCUT2D eigenvalue weighted by atomic mass is 16.2. The number of carbonyl (C=O) groups is 2. The number of carbonyl (C=O) groups excluding carboxylic acids is 2. The Morgan fingerprint density at radius 1 is 1.15 bits per heavy atom. The maximum atomic E-state index is 13.4. The molecule has 0 bridgehead atoms. The van der Waals surface area contributed by atoms with E-state index < -0.39 is 0 Å². The minimum atomic E-state index is -0.147. The molecule has 1 saturated heterocycles. The quantitative estimate of drug-likeness (QED) is 0.628. The third-order valence-electron chi connectivity index (χ3n) is 6.98. The van der Waals surface area contributed by atoms with E-state index in [1.807, 2.05) is 45.7 Å². The molecule has 0 spiro atoms. The van der Waals surface area contributed by atoms with Gasteiger partial charge >= 0.3 is 0 Å². The zero-order chi connectivity index (χ0) is 23.7. The normalized spacial score (nSPS) is 18.1. The topological polar surface area (TPSA) is 96.2 Å². The number of para-hydroxylation sites is 2. The molecule has 0 aliphatic carbocycles. The number of hydrogen-bond donors (Lipinski definition) is 1. The zero-order valence-corrected chi connectivity index (χ0v) is 19.8. The van der Waals surface area contributed by atoms with Crippen LogP contribution in [0.4, 0.5) is 5.82 Å². The Labute approximate surface area is 199 Å². The van der Waals surface area contributed by atoms with E-state index in [0.29, 0.717) is 38.4 Å². The molecular weight excluding hydrogens is 430 g/mol. The Bertz CT molecular complexity index is 1220. The minimum absolute atomic E-state index is 0.0540. The van der Waals surface area contributed by atoms with Gasteiger partial charge in [-0.05, 0) is 37.8 Å². The molecule has 34 heavy (non-hydrogen) atoms. The van der Waals surface area contributed by atoms with Gasteiger partial charge in [-0.15, -0.1) is 0 Å². The van der Waals surface area contributed by atoms with Crippen LogP contribution in [0.25, 0.3) is 11.0 Å². The molecule has 1 fully saturated rings. The Morgan fingerprint density at radius 2 is 2.00 bits per heavy atom. The van der Waals surface area contributed by atoms with Crippen LogP contribution in [-0.4, -0.2) is 61.3 Å². The van der Waals surface area contributed by atoms with Gasteiger partial charge in [0.1, 0.15) is 5.82 Å².